The van der Waals surface area contributed by atoms with Crippen molar-refractivity contribution in [3.05, 3.63) is 59.2 Å². The number of hydrogen-bond donors (Lipinski definition) is 3. The Balaban J connectivity index is 1.52. The number of carbonyl (C=O) groups excluding carboxylic acids is 2. The maximum atomic E-state index is 13.5. The predicted octanol–water partition coefficient (Wildman–Crippen LogP) is 2.56. The average Bonchev–Trinajstić information content (AvgIpc) is 3.16. The standard InChI is InChI=1S/C20H19F2N7O2S/c1-11-17(18(30)25-12-2-3-13(21)14(22)8-12)19(32-28-11)27-16-10-24-9-15(26-16)20(31)29-6-4-23-5-7-29/h2-3,8-10,23H,4-7H2,1H3,(H,25,30)(H,26,27). The van der Waals surface area contributed by atoms with Gasteiger partial charge in [0.2, 0.25) is 0 Å². The summed E-state index contributed by atoms with van der Waals surface area (Å²) in [6.07, 6.45) is 2.82. The van der Waals surface area contributed by atoms with Crippen molar-refractivity contribution in [3.8, 4) is 0 Å². The van der Waals surface area contributed by atoms with Crippen molar-refractivity contribution >= 4 is 39.9 Å². The summed E-state index contributed by atoms with van der Waals surface area (Å²) in [5, 5.41) is 9.07. The number of piperazine rings is 1. The number of halogens is 2. The third-order valence-electron chi connectivity index (χ3n) is 4.77. The van der Waals surface area contributed by atoms with Crippen LogP contribution in [0.4, 0.5) is 25.3 Å². The number of benzene rings is 1. The zero-order valence-corrected chi connectivity index (χ0v) is 17.8. The third kappa shape index (κ3) is 4.70. The van der Waals surface area contributed by atoms with Crippen LogP contribution in [-0.4, -0.2) is 57.2 Å². The minimum Gasteiger partial charge on any atom is -0.335 e. The van der Waals surface area contributed by atoms with E-state index in [-0.39, 0.29) is 28.7 Å². The largest absolute Gasteiger partial charge is 0.335 e. The lowest BCUT2D eigenvalue weighted by molar-refractivity contribution is 0.0729. The van der Waals surface area contributed by atoms with E-state index in [0.717, 1.165) is 23.7 Å². The van der Waals surface area contributed by atoms with Crippen molar-refractivity contribution in [1.82, 2.24) is 24.6 Å². The maximum absolute atomic E-state index is 13.5. The molecule has 32 heavy (non-hydrogen) atoms. The SMILES string of the molecule is Cc1nsc(Nc2cncc(C(=O)N3CCNCC3)n2)c1C(=O)Nc1ccc(F)c(F)c1. The highest BCUT2D eigenvalue weighted by atomic mass is 32.1. The zero-order chi connectivity index (χ0) is 22.7. The van der Waals surface area contributed by atoms with Crippen molar-refractivity contribution in [3.63, 3.8) is 0 Å². The molecule has 3 aromatic rings. The van der Waals surface area contributed by atoms with Crippen LogP contribution in [0.3, 0.4) is 0 Å². The Morgan fingerprint density at radius 2 is 1.94 bits per heavy atom. The van der Waals surface area contributed by atoms with Crippen LogP contribution in [-0.2, 0) is 0 Å². The van der Waals surface area contributed by atoms with Crippen LogP contribution in [0, 0.1) is 18.6 Å². The number of aromatic nitrogens is 3. The van der Waals surface area contributed by atoms with E-state index in [0.29, 0.717) is 36.9 Å². The van der Waals surface area contributed by atoms with Crippen LogP contribution in [0.15, 0.2) is 30.6 Å². The molecule has 0 aliphatic carbocycles. The first kappa shape index (κ1) is 21.7. The van der Waals surface area contributed by atoms with E-state index in [1.807, 2.05) is 0 Å². The van der Waals surface area contributed by atoms with Crippen molar-refractivity contribution in [2.24, 2.45) is 0 Å². The number of nitrogens with one attached hydrogen (secondary N) is 3. The van der Waals surface area contributed by atoms with Crippen LogP contribution >= 0.6 is 11.5 Å². The summed E-state index contributed by atoms with van der Waals surface area (Å²) in [7, 11) is 0. The van der Waals surface area contributed by atoms with E-state index in [9.17, 15) is 18.4 Å². The third-order valence-corrected chi connectivity index (χ3v) is 5.62. The molecule has 0 atom stereocenters. The van der Waals surface area contributed by atoms with Crippen molar-refractivity contribution in [2.45, 2.75) is 6.92 Å². The van der Waals surface area contributed by atoms with Crippen LogP contribution in [0.1, 0.15) is 26.5 Å². The molecule has 0 saturated carbocycles. The molecule has 2 amide bonds. The molecule has 0 spiro atoms. The number of hydrogen-bond acceptors (Lipinski definition) is 8. The summed E-state index contributed by atoms with van der Waals surface area (Å²) in [5.41, 5.74) is 0.957. The van der Waals surface area contributed by atoms with Gasteiger partial charge in [-0.1, -0.05) is 0 Å². The van der Waals surface area contributed by atoms with Gasteiger partial charge in [-0.25, -0.2) is 13.8 Å². The second-order valence-corrected chi connectivity index (χ2v) is 7.79. The van der Waals surface area contributed by atoms with E-state index in [2.05, 4.69) is 30.3 Å². The van der Waals surface area contributed by atoms with Crippen molar-refractivity contribution in [2.75, 3.05) is 36.8 Å². The van der Waals surface area contributed by atoms with Gasteiger partial charge in [-0.2, -0.15) is 4.37 Å². The summed E-state index contributed by atoms with van der Waals surface area (Å²) >= 11 is 1.03. The van der Waals surface area contributed by atoms with Gasteiger partial charge in [0.05, 0.1) is 23.7 Å². The topological polar surface area (TPSA) is 112 Å². The molecule has 1 saturated heterocycles. The number of carbonyl (C=O) groups is 2. The molecule has 0 bridgehead atoms. The Bertz CT molecular complexity index is 1160. The molecule has 1 aliphatic rings. The first-order valence-electron chi connectivity index (χ1n) is 9.74. The number of rotatable bonds is 5. The van der Waals surface area contributed by atoms with Crippen LogP contribution in [0.2, 0.25) is 0 Å². The number of aryl methyl sites for hydroxylation is 1. The van der Waals surface area contributed by atoms with Crippen LogP contribution in [0.5, 0.6) is 0 Å². The Morgan fingerprint density at radius 3 is 2.69 bits per heavy atom. The number of anilines is 3. The molecule has 166 valence electrons. The fraction of sp³-hybridized carbons (Fsp3) is 0.250. The molecule has 12 heteroatoms. The molecule has 9 nitrogen and oxygen atoms in total. The Morgan fingerprint density at radius 1 is 1.16 bits per heavy atom. The monoisotopic (exact) mass is 459 g/mol. The maximum Gasteiger partial charge on any atom is 0.274 e. The summed E-state index contributed by atoms with van der Waals surface area (Å²) in [6, 6.07) is 3.08. The normalized spacial score (nSPS) is 13.7. The first-order chi connectivity index (χ1) is 15.4. The lowest BCUT2D eigenvalue weighted by Crippen LogP contribution is -2.46. The van der Waals surface area contributed by atoms with Crippen molar-refractivity contribution < 1.29 is 18.4 Å². The molecule has 3 N–H and O–H groups in total. The lowest BCUT2D eigenvalue weighted by atomic mass is 10.2. The average molecular weight is 459 g/mol. The van der Waals surface area contributed by atoms with Gasteiger partial charge in [-0.3, -0.25) is 14.6 Å². The molecular formula is C20H19F2N7O2S. The molecular weight excluding hydrogens is 440 g/mol. The molecule has 4 rings (SSSR count). The van der Waals surface area contributed by atoms with E-state index >= 15 is 0 Å². The highest BCUT2D eigenvalue weighted by Gasteiger charge is 2.22. The quantitative estimate of drug-likeness (QED) is 0.538. The van der Waals surface area contributed by atoms with Gasteiger partial charge < -0.3 is 20.9 Å². The highest BCUT2D eigenvalue weighted by molar-refractivity contribution is 7.10. The van der Waals surface area contributed by atoms with Gasteiger partial charge >= 0.3 is 0 Å². The van der Waals surface area contributed by atoms with Gasteiger partial charge in [0, 0.05) is 37.9 Å². The van der Waals surface area contributed by atoms with Gasteiger partial charge in [0.25, 0.3) is 11.8 Å². The van der Waals surface area contributed by atoms with Crippen LogP contribution < -0.4 is 16.0 Å². The Labute approximate surface area is 186 Å². The van der Waals surface area contributed by atoms with Crippen LogP contribution in [0.25, 0.3) is 0 Å². The predicted molar refractivity (Wildman–Crippen MR) is 115 cm³/mol. The van der Waals surface area contributed by atoms with E-state index in [1.165, 1.54) is 18.5 Å². The van der Waals surface area contributed by atoms with Gasteiger partial charge in [0.15, 0.2) is 11.6 Å². The second kappa shape index (κ2) is 9.32. The zero-order valence-electron chi connectivity index (χ0n) is 17.0. The summed E-state index contributed by atoms with van der Waals surface area (Å²) in [4.78, 5) is 35.6. The molecule has 0 radical (unpaired) electrons. The van der Waals surface area contributed by atoms with Gasteiger partial charge in [0.1, 0.15) is 16.5 Å². The molecule has 1 aromatic carbocycles. The number of nitrogens with zero attached hydrogens (tertiary/aromatic N) is 4. The fourth-order valence-electron chi connectivity index (χ4n) is 3.17. The molecule has 1 aliphatic heterocycles. The van der Waals surface area contributed by atoms with Gasteiger partial charge in [-0.15, -0.1) is 0 Å². The summed E-state index contributed by atoms with van der Waals surface area (Å²) in [5.74, 6) is -2.57. The molecule has 2 aromatic heterocycles. The second-order valence-electron chi connectivity index (χ2n) is 7.01. The fourth-order valence-corrected chi connectivity index (χ4v) is 3.97. The first-order valence-corrected chi connectivity index (χ1v) is 10.5. The molecule has 0 unspecified atom stereocenters. The smallest absolute Gasteiger partial charge is 0.274 e. The lowest BCUT2D eigenvalue weighted by Gasteiger charge is -2.27. The minimum absolute atomic E-state index is 0.105. The summed E-state index contributed by atoms with van der Waals surface area (Å²) in [6.45, 7) is 4.25. The van der Waals surface area contributed by atoms with E-state index in [1.54, 1.807) is 11.8 Å². The summed E-state index contributed by atoms with van der Waals surface area (Å²) < 4.78 is 30.8. The Kier molecular flexibility index (Phi) is 6.32. The van der Waals surface area contributed by atoms with Gasteiger partial charge in [-0.05, 0) is 30.6 Å². The molecule has 3 heterocycles. The molecule has 1 fully saturated rings. The van der Waals surface area contributed by atoms with Crippen molar-refractivity contribution in [1.29, 1.82) is 0 Å². The van der Waals surface area contributed by atoms with E-state index in [4.69, 9.17) is 0 Å². The Hall–Kier alpha value is -3.51. The number of amides is 2. The minimum atomic E-state index is -1.07. The highest BCUT2D eigenvalue weighted by Crippen LogP contribution is 2.28. The van der Waals surface area contributed by atoms with E-state index < -0.39 is 17.5 Å².